The maximum Gasteiger partial charge on any atom is 0.328 e. The molecule has 0 heterocycles. The van der Waals surface area contributed by atoms with E-state index in [1.807, 2.05) is 60.7 Å². The first kappa shape index (κ1) is 21.0. The molecule has 2 aromatic carbocycles. The van der Waals surface area contributed by atoms with E-state index in [1.165, 1.54) is 6.08 Å². The molecule has 5 nitrogen and oxygen atoms in total. The van der Waals surface area contributed by atoms with Gasteiger partial charge in [-0.1, -0.05) is 60.7 Å². The molecule has 0 saturated carbocycles. The van der Waals surface area contributed by atoms with Crippen LogP contribution < -0.4 is 10.1 Å². The second kappa shape index (κ2) is 11.4. The Morgan fingerprint density at radius 1 is 1.04 bits per heavy atom. The standard InChI is InChI=1S/C23H25NO4/c1-3-28-23(26)21(17-19-10-5-4-6-11-19)24-22(25)12-8-7-9-18-13-15-20(27-2)16-14-18/h4-16,21H,3,17H2,1-2H3,(H,24,25)/b9-7+,12-8+/t21-/m0/s1. The van der Waals surface area contributed by atoms with Crippen LogP contribution in [-0.4, -0.2) is 31.6 Å². The number of benzene rings is 2. The molecule has 2 aromatic rings. The average molecular weight is 379 g/mol. The molecule has 146 valence electrons. The van der Waals surface area contributed by atoms with Gasteiger partial charge in [0, 0.05) is 12.5 Å². The molecule has 0 spiro atoms. The summed E-state index contributed by atoms with van der Waals surface area (Å²) in [6, 6.07) is 16.3. The van der Waals surface area contributed by atoms with Gasteiger partial charge >= 0.3 is 5.97 Å². The molecule has 28 heavy (non-hydrogen) atoms. The van der Waals surface area contributed by atoms with Gasteiger partial charge in [0.25, 0.3) is 0 Å². The molecule has 0 aromatic heterocycles. The number of methoxy groups -OCH3 is 1. The van der Waals surface area contributed by atoms with E-state index in [1.54, 1.807) is 26.2 Å². The molecule has 0 bridgehead atoms. The fraction of sp³-hybridized carbons (Fsp3) is 0.217. The van der Waals surface area contributed by atoms with Gasteiger partial charge in [0.2, 0.25) is 5.91 Å². The van der Waals surface area contributed by atoms with Crippen LogP contribution in [0.2, 0.25) is 0 Å². The number of allylic oxidation sites excluding steroid dienone is 2. The van der Waals surface area contributed by atoms with E-state index in [9.17, 15) is 9.59 Å². The lowest BCUT2D eigenvalue weighted by Gasteiger charge is -2.16. The van der Waals surface area contributed by atoms with Crippen LogP contribution in [0.3, 0.4) is 0 Å². The minimum Gasteiger partial charge on any atom is -0.497 e. The van der Waals surface area contributed by atoms with Gasteiger partial charge in [0.15, 0.2) is 0 Å². The Kier molecular flexibility index (Phi) is 8.53. The monoisotopic (exact) mass is 379 g/mol. The van der Waals surface area contributed by atoms with E-state index in [0.29, 0.717) is 6.42 Å². The van der Waals surface area contributed by atoms with Gasteiger partial charge in [-0.05, 0) is 30.2 Å². The van der Waals surface area contributed by atoms with Gasteiger partial charge < -0.3 is 14.8 Å². The summed E-state index contributed by atoms with van der Waals surface area (Å²) in [5, 5.41) is 2.71. The predicted octanol–water partition coefficient (Wildman–Crippen LogP) is 3.56. The summed E-state index contributed by atoms with van der Waals surface area (Å²) in [6.07, 6.45) is 7.02. The Bertz CT molecular complexity index is 810. The number of hydrogen-bond donors (Lipinski definition) is 1. The van der Waals surface area contributed by atoms with E-state index in [0.717, 1.165) is 16.9 Å². The van der Waals surface area contributed by atoms with Crippen molar-refractivity contribution in [2.75, 3.05) is 13.7 Å². The minimum atomic E-state index is -0.731. The minimum absolute atomic E-state index is 0.264. The summed E-state index contributed by atoms with van der Waals surface area (Å²) in [7, 11) is 1.62. The first-order chi connectivity index (χ1) is 13.6. The zero-order valence-electron chi connectivity index (χ0n) is 16.1. The van der Waals surface area contributed by atoms with E-state index in [-0.39, 0.29) is 12.5 Å². The van der Waals surface area contributed by atoms with Crippen LogP contribution in [0.25, 0.3) is 6.08 Å². The zero-order valence-corrected chi connectivity index (χ0v) is 16.1. The molecule has 0 aliphatic heterocycles. The van der Waals surface area contributed by atoms with Crippen molar-refractivity contribution < 1.29 is 19.1 Å². The average Bonchev–Trinajstić information content (AvgIpc) is 2.72. The zero-order chi connectivity index (χ0) is 20.2. The van der Waals surface area contributed by atoms with Crippen molar-refractivity contribution in [2.24, 2.45) is 0 Å². The van der Waals surface area contributed by atoms with Crippen LogP contribution in [-0.2, 0) is 20.7 Å². The molecule has 0 unspecified atom stereocenters. The van der Waals surface area contributed by atoms with Gasteiger partial charge in [0.05, 0.1) is 13.7 Å². The predicted molar refractivity (Wildman–Crippen MR) is 110 cm³/mol. The van der Waals surface area contributed by atoms with Crippen molar-refractivity contribution in [3.8, 4) is 5.75 Å². The second-order valence-corrected chi connectivity index (χ2v) is 5.99. The maximum absolute atomic E-state index is 12.2. The molecule has 1 atom stereocenters. The summed E-state index contributed by atoms with van der Waals surface area (Å²) in [5.41, 5.74) is 1.93. The number of esters is 1. The van der Waals surface area contributed by atoms with Crippen molar-refractivity contribution in [1.29, 1.82) is 0 Å². The first-order valence-electron chi connectivity index (χ1n) is 9.12. The topological polar surface area (TPSA) is 64.6 Å². The molecule has 0 saturated heterocycles. The van der Waals surface area contributed by atoms with Gasteiger partial charge in [0.1, 0.15) is 11.8 Å². The summed E-state index contributed by atoms with van der Waals surface area (Å²) < 4.78 is 10.2. The summed E-state index contributed by atoms with van der Waals surface area (Å²) in [6.45, 7) is 2.00. The third-order valence-electron chi connectivity index (χ3n) is 3.93. The van der Waals surface area contributed by atoms with Crippen molar-refractivity contribution in [1.82, 2.24) is 5.32 Å². The lowest BCUT2D eigenvalue weighted by atomic mass is 10.1. The first-order valence-corrected chi connectivity index (χ1v) is 9.12. The van der Waals surface area contributed by atoms with E-state index in [2.05, 4.69) is 5.32 Å². The largest absolute Gasteiger partial charge is 0.497 e. The number of amides is 1. The fourth-order valence-corrected chi connectivity index (χ4v) is 2.53. The quantitative estimate of drug-likeness (QED) is 0.411. The Hall–Kier alpha value is -3.34. The number of ether oxygens (including phenoxy) is 2. The Morgan fingerprint density at radius 2 is 1.75 bits per heavy atom. The Labute approximate surface area is 165 Å². The third kappa shape index (κ3) is 7.11. The molecule has 2 rings (SSSR count). The second-order valence-electron chi connectivity index (χ2n) is 5.99. The lowest BCUT2D eigenvalue weighted by Crippen LogP contribution is -2.42. The van der Waals surface area contributed by atoms with Crippen molar-refractivity contribution in [3.05, 3.63) is 84.0 Å². The number of hydrogen-bond acceptors (Lipinski definition) is 4. The molecule has 0 aliphatic carbocycles. The van der Waals surface area contributed by atoms with Crippen LogP contribution in [0, 0.1) is 0 Å². The highest BCUT2D eigenvalue weighted by molar-refractivity contribution is 5.91. The maximum atomic E-state index is 12.2. The van der Waals surface area contributed by atoms with Crippen molar-refractivity contribution >= 4 is 18.0 Å². The van der Waals surface area contributed by atoms with Gasteiger partial charge in [-0.25, -0.2) is 4.79 Å². The van der Waals surface area contributed by atoms with Crippen LogP contribution >= 0.6 is 0 Å². The van der Waals surface area contributed by atoms with Crippen molar-refractivity contribution in [2.45, 2.75) is 19.4 Å². The summed E-state index contributed by atoms with van der Waals surface area (Å²) >= 11 is 0. The number of carbonyl (C=O) groups excluding carboxylic acids is 2. The Balaban J connectivity index is 1.94. The summed E-state index contributed by atoms with van der Waals surface area (Å²) in [4.78, 5) is 24.4. The van der Waals surface area contributed by atoms with Crippen molar-refractivity contribution in [3.63, 3.8) is 0 Å². The summed E-state index contributed by atoms with van der Waals surface area (Å²) in [5.74, 6) is -0.00858. The third-order valence-corrected chi connectivity index (χ3v) is 3.93. The highest BCUT2D eigenvalue weighted by atomic mass is 16.5. The van der Waals surface area contributed by atoms with Gasteiger partial charge in [-0.2, -0.15) is 0 Å². The number of nitrogens with one attached hydrogen (secondary N) is 1. The van der Waals surface area contributed by atoms with Crippen LogP contribution in [0.5, 0.6) is 5.75 Å². The molecule has 5 heteroatoms. The fourth-order valence-electron chi connectivity index (χ4n) is 2.53. The lowest BCUT2D eigenvalue weighted by molar-refractivity contribution is -0.146. The molecule has 0 fully saturated rings. The highest BCUT2D eigenvalue weighted by Gasteiger charge is 2.21. The van der Waals surface area contributed by atoms with Gasteiger partial charge in [-0.3, -0.25) is 4.79 Å². The SMILES string of the molecule is CCOC(=O)[C@H](Cc1ccccc1)NC(=O)/C=C/C=C/c1ccc(OC)cc1. The smallest absolute Gasteiger partial charge is 0.328 e. The molecule has 1 amide bonds. The van der Waals surface area contributed by atoms with Crippen LogP contribution in [0.15, 0.2) is 72.8 Å². The molecule has 0 aliphatic rings. The van der Waals surface area contributed by atoms with Gasteiger partial charge in [-0.15, -0.1) is 0 Å². The number of rotatable bonds is 9. The molecular weight excluding hydrogens is 354 g/mol. The van der Waals surface area contributed by atoms with Crippen LogP contribution in [0.4, 0.5) is 0 Å². The van der Waals surface area contributed by atoms with Crippen LogP contribution in [0.1, 0.15) is 18.1 Å². The Morgan fingerprint density at radius 3 is 2.39 bits per heavy atom. The van der Waals surface area contributed by atoms with E-state index >= 15 is 0 Å². The number of carbonyl (C=O) groups is 2. The highest BCUT2D eigenvalue weighted by Crippen LogP contribution is 2.12. The molecule has 0 radical (unpaired) electrons. The normalized spacial score (nSPS) is 12.1. The molecular formula is C23H25NO4. The van der Waals surface area contributed by atoms with E-state index < -0.39 is 12.0 Å². The molecule has 1 N–H and O–H groups in total. The van der Waals surface area contributed by atoms with E-state index in [4.69, 9.17) is 9.47 Å².